The molecule has 31 heavy (non-hydrogen) atoms. The van der Waals surface area contributed by atoms with Crippen LogP contribution in [0.2, 0.25) is 0 Å². The fraction of sp³-hybridized carbons (Fsp3) is 0.238. The molecule has 0 unspecified atom stereocenters. The van der Waals surface area contributed by atoms with Gasteiger partial charge < -0.3 is 10.4 Å². The highest BCUT2D eigenvalue weighted by Crippen LogP contribution is 2.40. The van der Waals surface area contributed by atoms with Crippen molar-refractivity contribution < 1.29 is 18.1 Å². The Bertz CT molecular complexity index is 1180. The maximum atomic E-state index is 11.4. The normalized spacial score (nSPS) is 11.6. The van der Waals surface area contributed by atoms with Crippen LogP contribution in [0.4, 0.5) is 17.1 Å². The van der Waals surface area contributed by atoms with Gasteiger partial charge in [0.05, 0.1) is 0 Å². The number of hydrogen-bond acceptors (Lipinski definition) is 8. The number of fused-ring (bicyclic) bond motifs is 1. The van der Waals surface area contributed by atoms with Gasteiger partial charge in [-0.15, -0.1) is 5.11 Å². The van der Waals surface area contributed by atoms with Crippen LogP contribution in [0.25, 0.3) is 10.8 Å². The Morgan fingerprint density at radius 3 is 2.32 bits per heavy atom. The zero-order valence-electron chi connectivity index (χ0n) is 17.5. The SMILES string of the molecule is CC.CN=NCN=Nc1c(CS(=O)(=O)O)cc2cc(Nc3ccccc3)ccc2c1O. The number of anilines is 2. The molecule has 0 saturated carbocycles. The number of nitrogens with zero attached hydrogens (tertiary/aromatic N) is 4. The summed E-state index contributed by atoms with van der Waals surface area (Å²) in [5.41, 5.74) is 1.71. The Kier molecular flexibility index (Phi) is 8.59. The van der Waals surface area contributed by atoms with Gasteiger partial charge in [0, 0.05) is 29.4 Å². The third kappa shape index (κ3) is 6.83. The maximum absolute atomic E-state index is 11.4. The molecule has 164 valence electrons. The standard InChI is InChI=1S/C19H19N5O4S.C2H6/c1-20-21-12-22-24-18-14(11-29(26,27)28)9-13-10-16(7-8-17(13)19(18)25)23-15-5-3-2-4-6-15;1-2/h2-10,23,25H,11-12H2,1H3,(H,26,27,28);1-2H3. The molecule has 0 aromatic heterocycles. The fourth-order valence-corrected chi connectivity index (χ4v) is 3.42. The molecular weight excluding hydrogens is 418 g/mol. The molecule has 3 N–H and O–H groups in total. The van der Waals surface area contributed by atoms with Crippen molar-refractivity contribution in [2.45, 2.75) is 19.6 Å². The first kappa shape index (κ1) is 23.9. The quantitative estimate of drug-likeness (QED) is 0.312. The van der Waals surface area contributed by atoms with Gasteiger partial charge in [-0.25, -0.2) is 0 Å². The van der Waals surface area contributed by atoms with Crippen molar-refractivity contribution in [1.82, 2.24) is 0 Å². The summed E-state index contributed by atoms with van der Waals surface area (Å²) >= 11 is 0. The molecule has 3 aromatic rings. The summed E-state index contributed by atoms with van der Waals surface area (Å²) in [6, 6.07) is 16.3. The van der Waals surface area contributed by atoms with Gasteiger partial charge in [0.25, 0.3) is 10.1 Å². The largest absolute Gasteiger partial charge is 0.505 e. The summed E-state index contributed by atoms with van der Waals surface area (Å²) in [5.74, 6) is -0.944. The van der Waals surface area contributed by atoms with Gasteiger partial charge in [-0.3, -0.25) is 4.55 Å². The lowest BCUT2D eigenvalue weighted by Gasteiger charge is -2.12. The number of nitrogens with one attached hydrogen (secondary N) is 1. The molecule has 0 atom stereocenters. The van der Waals surface area contributed by atoms with E-state index in [2.05, 4.69) is 25.8 Å². The molecule has 3 aromatic carbocycles. The van der Waals surface area contributed by atoms with E-state index in [0.29, 0.717) is 10.8 Å². The second kappa shape index (κ2) is 11.1. The smallest absolute Gasteiger partial charge is 0.269 e. The van der Waals surface area contributed by atoms with E-state index in [4.69, 9.17) is 0 Å². The summed E-state index contributed by atoms with van der Waals surface area (Å²) in [4.78, 5) is 0. The van der Waals surface area contributed by atoms with E-state index in [9.17, 15) is 18.1 Å². The van der Waals surface area contributed by atoms with E-state index in [1.165, 1.54) is 7.05 Å². The predicted octanol–water partition coefficient (Wildman–Crippen LogP) is 5.83. The topological polar surface area (TPSA) is 136 Å². The number of hydrogen-bond donors (Lipinski definition) is 3. The molecule has 0 aliphatic rings. The Balaban J connectivity index is 0.00000166. The summed E-state index contributed by atoms with van der Waals surface area (Å²) in [5, 5.41) is 29.8. The molecule has 9 nitrogen and oxygen atoms in total. The first-order chi connectivity index (χ1) is 14.9. The Labute approximate surface area is 181 Å². The van der Waals surface area contributed by atoms with Crippen LogP contribution in [-0.2, 0) is 15.9 Å². The Morgan fingerprint density at radius 2 is 1.68 bits per heavy atom. The van der Waals surface area contributed by atoms with E-state index >= 15 is 0 Å². The van der Waals surface area contributed by atoms with Gasteiger partial charge in [-0.2, -0.15) is 23.8 Å². The van der Waals surface area contributed by atoms with E-state index < -0.39 is 15.9 Å². The van der Waals surface area contributed by atoms with Crippen molar-refractivity contribution in [2.75, 3.05) is 19.0 Å². The number of azo groups is 2. The van der Waals surface area contributed by atoms with Crippen LogP contribution >= 0.6 is 0 Å². The van der Waals surface area contributed by atoms with E-state index in [1.54, 1.807) is 24.3 Å². The molecule has 0 spiro atoms. The molecular formula is C21H25N5O4S. The first-order valence-electron chi connectivity index (χ1n) is 9.56. The molecule has 0 radical (unpaired) electrons. The fourth-order valence-electron chi connectivity index (χ4n) is 2.81. The van der Waals surface area contributed by atoms with Gasteiger partial charge in [0.15, 0.2) is 12.4 Å². The van der Waals surface area contributed by atoms with Crippen molar-refractivity contribution >= 4 is 38.0 Å². The van der Waals surface area contributed by atoms with Gasteiger partial charge >= 0.3 is 0 Å². The van der Waals surface area contributed by atoms with Crippen molar-refractivity contribution in [2.24, 2.45) is 20.5 Å². The van der Waals surface area contributed by atoms with Crippen molar-refractivity contribution in [1.29, 1.82) is 0 Å². The Morgan fingerprint density at radius 1 is 0.968 bits per heavy atom. The zero-order valence-corrected chi connectivity index (χ0v) is 18.3. The summed E-state index contributed by atoms with van der Waals surface area (Å²) in [6.07, 6.45) is 0. The number of rotatable bonds is 7. The van der Waals surface area contributed by atoms with Crippen LogP contribution in [-0.4, -0.2) is 31.8 Å². The summed E-state index contributed by atoms with van der Waals surface area (Å²) < 4.78 is 32.2. The molecule has 0 aliphatic heterocycles. The number of aromatic hydroxyl groups is 1. The summed E-state index contributed by atoms with van der Waals surface area (Å²) in [7, 11) is -2.87. The lowest BCUT2D eigenvalue weighted by Crippen LogP contribution is -2.02. The number of para-hydroxylation sites is 1. The van der Waals surface area contributed by atoms with Gasteiger partial charge in [-0.05, 0) is 41.8 Å². The minimum atomic E-state index is -4.35. The average molecular weight is 444 g/mol. The lowest BCUT2D eigenvalue weighted by atomic mass is 10.0. The van der Waals surface area contributed by atoms with E-state index in [1.807, 2.05) is 44.2 Å². The first-order valence-corrected chi connectivity index (χ1v) is 11.2. The molecule has 3 rings (SSSR count). The molecule has 10 heteroatoms. The van der Waals surface area contributed by atoms with Crippen molar-refractivity contribution in [3.8, 4) is 5.75 Å². The van der Waals surface area contributed by atoms with Crippen LogP contribution in [0.5, 0.6) is 5.75 Å². The van der Waals surface area contributed by atoms with Crippen LogP contribution < -0.4 is 5.32 Å². The number of phenolic OH excluding ortho intramolecular Hbond substituents is 1. The number of phenols is 1. The lowest BCUT2D eigenvalue weighted by molar-refractivity contribution is 0.479. The number of benzene rings is 3. The minimum absolute atomic E-state index is 0.0369. The third-order valence-electron chi connectivity index (χ3n) is 4.00. The monoisotopic (exact) mass is 443 g/mol. The molecule has 0 aliphatic carbocycles. The molecule has 0 bridgehead atoms. The van der Waals surface area contributed by atoms with E-state index in [-0.39, 0.29) is 23.7 Å². The van der Waals surface area contributed by atoms with Crippen LogP contribution in [0.15, 0.2) is 75.1 Å². The maximum Gasteiger partial charge on any atom is 0.269 e. The van der Waals surface area contributed by atoms with Gasteiger partial charge in [-0.1, -0.05) is 32.0 Å². The van der Waals surface area contributed by atoms with E-state index in [0.717, 1.165) is 11.4 Å². The zero-order chi connectivity index (χ0) is 22.9. The highest BCUT2D eigenvalue weighted by molar-refractivity contribution is 7.85. The predicted molar refractivity (Wildman–Crippen MR) is 122 cm³/mol. The molecule has 0 fully saturated rings. The Hall–Kier alpha value is -3.37. The van der Waals surface area contributed by atoms with Crippen molar-refractivity contribution in [3.05, 3.63) is 60.2 Å². The van der Waals surface area contributed by atoms with Crippen molar-refractivity contribution in [3.63, 3.8) is 0 Å². The molecule has 0 amide bonds. The average Bonchev–Trinajstić information content (AvgIpc) is 2.74. The second-order valence-corrected chi connectivity index (χ2v) is 7.56. The van der Waals surface area contributed by atoms with Crippen LogP contribution in [0.3, 0.4) is 0 Å². The van der Waals surface area contributed by atoms with Gasteiger partial charge in [0.2, 0.25) is 0 Å². The molecule has 0 heterocycles. The third-order valence-corrected chi connectivity index (χ3v) is 4.68. The van der Waals surface area contributed by atoms with Gasteiger partial charge in [0.1, 0.15) is 11.4 Å². The second-order valence-electron chi connectivity index (χ2n) is 6.11. The van der Waals surface area contributed by atoms with Crippen LogP contribution in [0.1, 0.15) is 19.4 Å². The highest BCUT2D eigenvalue weighted by atomic mass is 32.2. The highest BCUT2D eigenvalue weighted by Gasteiger charge is 2.18. The van der Waals surface area contributed by atoms with Crippen LogP contribution in [0, 0.1) is 0 Å². The summed E-state index contributed by atoms with van der Waals surface area (Å²) in [6.45, 7) is 3.93. The minimum Gasteiger partial charge on any atom is -0.505 e. The molecule has 0 saturated heterocycles.